The molecule has 2 amide bonds. The van der Waals surface area contributed by atoms with Gasteiger partial charge in [0.05, 0.1) is 25.1 Å². The van der Waals surface area contributed by atoms with Crippen LogP contribution in [0.4, 0.5) is 13.6 Å². The van der Waals surface area contributed by atoms with Gasteiger partial charge in [-0.15, -0.1) is 0 Å². The number of nitrogens with one attached hydrogen (secondary N) is 1. The van der Waals surface area contributed by atoms with Gasteiger partial charge in [-0.25, -0.2) is 13.6 Å². The molecule has 0 radical (unpaired) electrons. The summed E-state index contributed by atoms with van der Waals surface area (Å²) in [5.74, 6) is -1.32. The summed E-state index contributed by atoms with van der Waals surface area (Å²) in [7, 11) is 0. The van der Waals surface area contributed by atoms with Gasteiger partial charge >= 0.3 is 6.03 Å². The number of rotatable bonds is 5. The molecular weight excluding hydrogens is 290 g/mol. The number of amides is 2. The molecule has 4 nitrogen and oxygen atoms in total. The molecule has 0 saturated carbocycles. The molecule has 1 atom stereocenters. The molecule has 0 saturated heterocycles. The molecule has 0 aliphatic heterocycles. The average Bonchev–Trinajstić information content (AvgIpc) is 2.97. The largest absolute Gasteiger partial charge is 0.472 e. The molecule has 0 bridgehead atoms. The Morgan fingerprint density at radius 1 is 1.36 bits per heavy atom. The van der Waals surface area contributed by atoms with Crippen molar-refractivity contribution in [3.05, 3.63) is 59.6 Å². The second-order valence-electron chi connectivity index (χ2n) is 4.98. The molecule has 2 rings (SSSR count). The van der Waals surface area contributed by atoms with Crippen molar-refractivity contribution in [3.63, 3.8) is 0 Å². The summed E-state index contributed by atoms with van der Waals surface area (Å²) in [4.78, 5) is 13.8. The molecule has 1 aromatic carbocycles. The van der Waals surface area contributed by atoms with Crippen molar-refractivity contribution < 1.29 is 18.0 Å². The van der Waals surface area contributed by atoms with E-state index in [1.807, 2.05) is 6.92 Å². The maximum atomic E-state index is 13.7. The Morgan fingerprint density at radius 3 is 2.73 bits per heavy atom. The van der Waals surface area contributed by atoms with Crippen LogP contribution in [0, 0.1) is 11.6 Å². The average molecular weight is 308 g/mol. The Kier molecular flexibility index (Phi) is 5.14. The number of carbonyl (C=O) groups is 1. The van der Waals surface area contributed by atoms with Crippen molar-refractivity contribution in [1.82, 2.24) is 10.2 Å². The van der Waals surface area contributed by atoms with Crippen molar-refractivity contribution in [2.24, 2.45) is 0 Å². The first-order chi connectivity index (χ1) is 10.5. The van der Waals surface area contributed by atoms with Crippen molar-refractivity contribution in [2.75, 3.05) is 6.54 Å². The molecule has 22 heavy (non-hydrogen) atoms. The molecule has 2 aromatic rings. The first-order valence-electron chi connectivity index (χ1n) is 7.02. The van der Waals surface area contributed by atoms with Crippen LogP contribution in [0.3, 0.4) is 0 Å². The fourth-order valence-electron chi connectivity index (χ4n) is 2.14. The van der Waals surface area contributed by atoms with Crippen LogP contribution in [-0.2, 0) is 6.54 Å². The van der Waals surface area contributed by atoms with Crippen LogP contribution in [0.25, 0.3) is 0 Å². The highest BCUT2D eigenvalue weighted by molar-refractivity contribution is 5.74. The smallest absolute Gasteiger partial charge is 0.318 e. The van der Waals surface area contributed by atoms with Crippen LogP contribution in [-0.4, -0.2) is 17.5 Å². The summed E-state index contributed by atoms with van der Waals surface area (Å²) in [5, 5.41) is 2.71. The summed E-state index contributed by atoms with van der Waals surface area (Å²) >= 11 is 0. The number of carbonyl (C=O) groups excluding carboxylic acids is 1. The zero-order valence-corrected chi connectivity index (χ0v) is 12.5. The number of hydrogen-bond donors (Lipinski definition) is 1. The predicted octanol–water partition coefficient (Wildman–Crippen LogP) is 3.85. The van der Waals surface area contributed by atoms with Crippen molar-refractivity contribution in [3.8, 4) is 0 Å². The Labute approximate surface area is 127 Å². The second kappa shape index (κ2) is 7.06. The minimum absolute atomic E-state index is 0.245. The zero-order valence-electron chi connectivity index (χ0n) is 12.5. The summed E-state index contributed by atoms with van der Waals surface area (Å²) in [6, 6.07) is 4.21. The van der Waals surface area contributed by atoms with E-state index in [9.17, 15) is 13.6 Å². The lowest BCUT2D eigenvalue weighted by atomic mass is 10.1. The lowest BCUT2D eigenvalue weighted by molar-refractivity contribution is 0.194. The van der Waals surface area contributed by atoms with Crippen LogP contribution in [0.5, 0.6) is 0 Å². The molecule has 0 aliphatic carbocycles. The molecule has 118 valence electrons. The summed E-state index contributed by atoms with van der Waals surface area (Å²) < 4.78 is 31.6. The Hall–Kier alpha value is -2.37. The van der Waals surface area contributed by atoms with Crippen LogP contribution >= 0.6 is 0 Å². The standard InChI is InChI=1S/C16H18F2N2O2/c1-3-20(9-12-6-7-22-10-12)16(21)19-11(2)14-5-4-13(17)8-15(14)18/h4-8,10-11H,3,9H2,1-2H3,(H,19,21)/t11-/m1/s1. The van der Waals surface area contributed by atoms with Crippen LogP contribution in [0.2, 0.25) is 0 Å². The molecule has 1 heterocycles. The maximum Gasteiger partial charge on any atom is 0.318 e. The molecule has 0 spiro atoms. The minimum Gasteiger partial charge on any atom is -0.472 e. The van der Waals surface area contributed by atoms with Crippen LogP contribution in [0.1, 0.15) is 31.0 Å². The quantitative estimate of drug-likeness (QED) is 0.912. The van der Waals surface area contributed by atoms with E-state index in [2.05, 4.69) is 5.32 Å². The van der Waals surface area contributed by atoms with Gasteiger partial charge in [0.2, 0.25) is 0 Å². The highest BCUT2D eigenvalue weighted by Gasteiger charge is 2.18. The Balaban J connectivity index is 2.02. The van der Waals surface area contributed by atoms with E-state index in [0.29, 0.717) is 13.1 Å². The third-order valence-electron chi connectivity index (χ3n) is 3.39. The maximum absolute atomic E-state index is 13.7. The van der Waals surface area contributed by atoms with Gasteiger partial charge in [-0.05, 0) is 26.0 Å². The van der Waals surface area contributed by atoms with Gasteiger partial charge in [0.1, 0.15) is 11.6 Å². The lowest BCUT2D eigenvalue weighted by Gasteiger charge is -2.24. The first-order valence-corrected chi connectivity index (χ1v) is 7.02. The fraction of sp³-hybridized carbons (Fsp3) is 0.312. The molecule has 0 aliphatic rings. The van der Waals surface area contributed by atoms with Gasteiger partial charge in [-0.1, -0.05) is 6.07 Å². The monoisotopic (exact) mass is 308 g/mol. The zero-order chi connectivity index (χ0) is 16.1. The molecule has 6 heteroatoms. The normalized spacial score (nSPS) is 12.0. The molecule has 1 N–H and O–H groups in total. The van der Waals surface area contributed by atoms with Gasteiger partial charge in [0.15, 0.2) is 0 Å². The highest BCUT2D eigenvalue weighted by Crippen LogP contribution is 2.18. The van der Waals surface area contributed by atoms with E-state index in [0.717, 1.165) is 11.6 Å². The number of furan rings is 1. The Bertz CT molecular complexity index is 629. The van der Waals surface area contributed by atoms with Gasteiger partial charge in [-0.3, -0.25) is 0 Å². The van der Waals surface area contributed by atoms with Crippen LogP contribution < -0.4 is 5.32 Å². The van der Waals surface area contributed by atoms with E-state index in [-0.39, 0.29) is 11.6 Å². The second-order valence-corrected chi connectivity index (χ2v) is 4.98. The van der Waals surface area contributed by atoms with E-state index in [4.69, 9.17) is 4.42 Å². The SMILES string of the molecule is CCN(Cc1ccoc1)C(=O)N[C@H](C)c1ccc(F)cc1F. The van der Waals surface area contributed by atoms with Gasteiger partial charge in [0.25, 0.3) is 0 Å². The number of nitrogens with zero attached hydrogens (tertiary/aromatic N) is 1. The fourth-order valence-corrected chi connectivity index (χ4v) is 2.14. The number of urea groups is 1. The van der Waals surface area contributed by atoms with Crippen molar-refractivity contribution in [2.45, 2.75) is 26.4 Å². The molecular formula is C16H18F2N2O2. The van der Waals surface area contributed by atoms with E-state index < -0.39 is 17.7 Å². The van der Waals surface area contributed by atoms with Crippen LogP contribution in [0.15, 0.2) is 41.2 Å². The number of hydrogen-bond acceptors (Lipinski definition) is 2. The highest BCUT2D eigenvalue weighted by atomic mass is 19.1. The molecule has 0 fully saturated rings. The van der Waals surface area contributed by atoms with Gasteiger partial charge in [0, 0.05) is 23.7 Å². The topological polar surface area (TPSA) is 45.5 Å². The van der Waals surface area contributed by atoms with E-state index in [1.165, 1.54) is 18.4 Å². The summed E-state index contributed by atoms with van der Waals surface area (Å²) in [6.45, 7) is 4.40. The molecule has 1 aromatic heterocycles. The third-order valence-corrected chi connectivity index (χ3v) is 3.39. The third kappa shape index (κ3) is 3.84. The lowest BCUT2D eigenvalue weighted by Crippen LogP contribution is -2.40. The van der Waals surface area contributed by atoms with Gasteiger partial charge < -0.3 is 14.6 Å². The van der Waals surface area contributed by atoms with Crippen molar-refractivity contribution in [1.29, 1.82) is 0 Å². The summed E-state index contributed by atoms with van der Waals surface area (Å²) in [6.07, 6.45) is 3.11. The van der Waals surface area contributed by atoms with E-state index >= 15 is 0 Å². The first kappa shape index (κ1) is 16.0. The van der Waals surface area contributed by atoms with Gasteiger partial charge in [-0.2, -0.15) is 0 Å². The number of halogens is 2. The molecule has 0 unspecified atom stereocenters. The number of benzene rings is 1. The van der Waals surface area contributed by atoms with E-state index in [1.54, 1.807) is 24.2 Å². The Morgan fingerprint density at radius 2 is 2.14 bits per heavy atom. The summed E-state index contributed by atoms with van der Waals surface area (Å²) in [5.41, 5.74) is 1.12. The van der Waals surface area contributed by atoms with Crippen molar-refractivity contribution >= 4 is 6.03 Å². The minimum atomic E-state index is -0.675. The predicted molar refractivity (Wildman–Crippen MR) is 78.1 cm³/mol.